The molecule has 2 unspecified atom stereocenters. The first-order valence-corrected chi connectivity index (χ1v) is 20.2. The molecule has 302 valence electrons. The van der Waals surface area contributed by atoms with Crippen molar-refractivity contribution < 1.29 is 18.0 Å². The molecule has 0 bridgehead atoms. The van der Waals surface area contributed by atoms with Gasteiger partial charge in [0.2, 0.25) is 5.91 Å². The number of nitrogens with zero attached hydrogens (tertiary/aromatic N) is 6. The Morgan fingerprint density at radius 2 is 1.64 bits per heavy atom. The van der Waals surface area contributed by atoms with E-state index < -0.39 is 11.7 Å². The molecule has 2 heterocycles. The molecule has 2 atom stereocenters. The molecule has 56 heavy (non-hydrogen) atoms. The van der Waals surface area contributed by atoms with Gasteiger partial charge < -0.3 is 20.0 Å². The highest BCUT2D eigenvalue weighted by atomic mass is 19.4. The maximum Gasteiger partial charge on any atom is 0.417 e. The van der Waals surface area contributed by atoms with E-state index in [2.05, 4.69) is 95.4 Å². The smallest absolute Gasteiger partial charge is 0.369 e. The minimum Gasteiger partial charge on any atom is -0.369 e. The predicted octanol–water partition coefficient (Wildman–Crippen LogP) is 8.43. The lowest BCUT2D eigenvalue weighted by atomic mass is 9.78. The standard InChI is InChI=1S/C45H60F3N7O/c1-6-36-12-14-40(31-38(36)34-51(5)35(3)11-16-43(56)50-7-2)54-25-23-52(24-26-54)22-10-8-9-19-44(4)20-17-39(18-21-44)53-27-29-55(30-28-53)41-15-13-37(33-49)42(32-41)45(46,47)48/h6-7,12-15,17-18,20,31-32,35H,1-2,8-11,16,19,21-30,34H2,3-5H3,(H,50,56). The molecule has 0 aromatic heterocycles. The van der Waals surface area contributed by atoms with Crippen molar-refractivity contribution in [2.45, 2.75) is 77.6 Å². The molecule has 2 saturated heterocycles. The second-order valence-electron chi connectivity index (χ2n) is 15.9. The largest absolute Gasteiger partial charge is 0.417 e. The number of halogens is 3. The van der Waals surface area contributed by atoms with E-state index in [1.807, 2.05) is 11.0 Å². The fraction of sp³-hybridized carbons (Fsp3) is 0.511. The molecule has 2 aliphatic heterocycles. The molecule has 2 aromatic rings. The number of amides is 1. The Hall–Kier alpha value is -4.53. The van der Waals surface area contributed by atoms with Crippen molar-refractivity contribution in [1.29, 1.82) is 5.26 Å². The average Bonchev–Trinajstić information content (AvgIpc) is 3.20. The summed E-state index contributed by atoms with van der Waals surface area (Å²) >= 11 is 0. The number of piperazine rings is 2. The fourth-order valence-electron chi connectivity index (χ4n) is 8.03. The van der Waals surface area contributed by atoms with E-state index in [1.165, 1.54) is 48.5 Å². The zero-order valence-corrected chi connectivity index (χ0v) is 33.6. The number of carbonyl (C=O) groups is 1. The molecule has 0 radical (unpaired) electrons. The maximum atomic E-state index is 13.5. The first-order valence-electron chi connectivity index (χ1n) is 20.2. The normalized spacial score (nSPS) is 19.8. The van der Waals surface area contributed by atoms with Crippen LogP contribution in [-0.4, -0.2) is 92.6 Å². The van der Waals surface area contributed by atoms with E-state index in [1.54, 1.807) is 12.1 Å². The monoisotopic (exact) mass is 771 g/mol. The molecule has 2 aromatic carbocycles. The molecule has 1 aliphatic carbocycles. The molecule has 1 amide bonds. The number of benzene rings is 2. The molecular formula is C45H60F3N7O. The van der Waals surface area contributed by atoms with E-state index in [9.17, 15) is 18.0 Å². The van der Waals surface area contributed by atoms with Gasteiger partial charge in [-0.15, -0.1) is 0 Å². The number of nitrogens with one attached hydrogen (secondary N) is 1. The molecule has 0 spiro atoms. The van der Waals surface area contributed by atoms with Crippen LogP contribution >= 0.6 is 0 Å². The van der Waals surface area contributed by atoms with Crippen LogP contribution in [0.2, 0.25) is 0 Å². The Morgan fingerprint density at radius 1 is 0.982 bits per heavy atom. The first kappa shape index (κ1) is 42.6. The predicted molar refractivity (Wildman–Crippen MR) is 222 cm³/mol. The number of unbranched alkanes of at least 4 members (excludes halogenated alkanes) is 2. The molecule has 3 aliphatic rings. The number of anilines is 2. The highest BCUT2D eigenvalue weighted by Gasteiger charge is 2.35. The zero-order chi connectivity index (χ0) is 40.3. The van der Waals surface area contributed by atoms with Crippen LogP contribution in [0, 0.1) is 16.7 Å². The number of nitriles is 1. The summed E-state index contributed by atoms with van der Waals surface area (Å²) in [5.74, 6) is 0.0000711. The van der Waals surface area contributed by atoms with E-state index >= 15 is 0 Å². The van der Waals surface area contributed by atoms with Crippen LogP contribution in [0.25, 0.3) is 6.08 Å². The van der Waals surface area contributed by atoms with E-state index in [-0.39, 0.29) is 22.9 Å². The second-order valence-corrected chi connectivity index (χ2v) is 15.9. The van der Waals surface area contributed by atoms with Crippen molar-refractivity contribution in [3.05, 3.63) is 102 Å². The van der Waals surface area contributed by atoms with Gasteiger partial charge >= 0.3 is 6.18 Å². The lowest BCUT2D eigenvalue weighted by Gasteiger charge is -2.39. The molecule has 8 nitrogen and oxygen atoms in total. The Bertz CT molecular complexity index is 1770. The molecule has 1 N–H and O–H groups in total. The minimum absolute atomic E-state index is 0.0000711. The third-order valence-corrected chi connectivity index (χ3v) is 11.9. The van der Waals surface area contributed by atoms with Crippen LogP contribution in [0.1, 0.15) is 81.0 Å². The number of alkyl halides is 3. The number of hydrogen-bond acceptors (Lipinski definition) is 7. The van der Waals surface area contributed by atoms with Gasteiger partial charge in [0.25, 0.3) is 0 Å². The Morgan fingerprint density at radius 3 is 2.27 bits per heavy atom. The van der Waals surface area contributed by atoms with Crippen molar-refractivity contribution in [3.8, 4) is 6.07 Å². The maximum absolute atomic E-state index is 13.5. The van der Waals surface area contributed by atoms with Gasteiger partial charge in [0, 0.05) is 88.4 Å². The van der Waals surface area contributed by atoms with Gasteiger partial charge in [-0.05, 0) is 105 Å². The molecular weight excluding hydrogens is 712 g/mol. The van der Waals surface area contributed by atoms with E-state index in [0.29, 0.717) is 25.2 Å². The van der Waals surface area contributed by atoms with Gasteiger partial charge in [-0.3, -0.25) is 14.6 Å². The average molecular weight is 772 g/mol. The minimum atomic E-state index is -4.55. The van der Waals surface area contributed by atoms with Gasteiger partial charge in [-0.2, -0.15) is 18.4 Å². The van der Waals surface area contributed by atoms with Crippen molar-refractivity contribution in [3.63, 3.8) is 0 Å². The number of rotatable bonds is 17. The summed E-state index contributed by atoms with van der Waals surface area (Å²) in [6, 6.07) is 12.7. The number of hydrogen-bond donors (Lipinski definition) is 1. The van der Waals surface area contributed by atoms with Gasteiger partial charge in [0.05, 0.1) is 17.2 Å². The summed E-state index contributed by atoms with van der Waals surface area (Å²) in [5, 5.41) is 11.8. The third-order valence-electron chi connectivity index (χ3n) is 11.9. The number of allylic oxidation sites excluding steroid dienone is 3. The third kappa shape index (κ3) is 11.5. The number of carbonyl (C=O) groups excluding carboxylic acids is 1. The molecule has 11 heteroatoms. The highest BCUT2D eigenvalue weighted by Crippen LogP contribution is 2.37. The Kier molecular flexibility index (Phi) is 14.9. The zero-order valence-electron chi connectivity index (χ0n) is 33.6. The van der Waals surface area contributed by atoms with Crippen LogP contribution in [0.15, 0.2) is 79.7 Å². The van der Waals surface area contributed by atoms with Crippen LogP contribution in [0.5, 0.6) is 0 Å². The molecule has 5 rings (SSSR count). The van der Waals surface area contributed by atoms with Crippen molar-refractivity contribution in [1.82, 2.24) is 20.0 Å². The van der Waals surface area contributed by atoms with Crippen molar-refractivity contribution in [2.24, 2.45) is 5.41 Å². The van der Waals surface area contributed by atoms with Gasteiger partial charge in [-0.1, -0.05) is 57.2 Å². The Balaban J connectivity index is 0.992. The fourth-order valence-corrected chi connectivity index (χ4v) is 8.03. The lowest BCUT2D eigenvalue weighted by Crippen LogP contribution is -2.46. The van der Waals surface area contributed by atoms with E-state index in [0.717, 1.165) is 83.3 Å². The summed E-state index contributed by atoms with van der Waals surface area (Å²) in [7, 11) is 2.12. The summed E-state index contributed by atoms with van der Waals surface area (Å²) in [5.41, 5.74) is 4.31. The molecule has 0 saturated carbocycles. The second kappa shape index (κ2) is 19.6. The van der Waals surface area contributed by atoms with Crippen LogP contribution in [0.4, 0.5) is 24.5 Å². The van der Waals surface area contributed by atoms with Crippen LogP contribution in [-0.2, 0) is 17.5 Å². The van der Waals surface area contributed by atoms with Gasteiger partial charge in [-0.25, -0.2) is 0 Å². The van der Waals surface area contributed by atoms with Crippen LogP contribution in [0.3, 0.4) is 0 Å². The van der Waals surface area contributed by atoms with Crippen molar-refractivity contribution >= 4 is 23.4 Å². The van der Waals surface area contributed by atoms with Crippen LogP contribution < -0.4 is 15.1 Å². The van der Waals surface area contributed by atoms with Gasteiger partial charge in [0.15, 0.2) is 0 Å². The summed E-state index contributed by atoms with van der Waals surface area (Å²) in [6.45, 7) is 20.9. The summed E-state index contributed by atoms with van der Waals surface area (Å²) in [6.07, 6.45) is 12.8. The van der Waals surface area contributed by atoms with E-state index in [4.69, 9.17) is 5.26 Å². The SMILES string of the molecule is C=CNC(=O)CCC(C)N(C)Cc1cc(N2CCN(CCCCCC3(C)C=CC(N4CCN(c5ccc(C#N)c(C(F)(F)F)c5)CC4)=CC3)CC2)ccc1C=C. The summed E-state index contributed by atoms with van der Waals surface area (Å²) < 4.78 is 40.5. The van der Waals surface area contributed by atoms with Gasteiger partial charge in [0.1, 0.15) is 0 Å². The lowest BCUT2D eigenvalue weighted by molar-refractivity contribution is -0.137. The topological polar surface area (TPSA) is 69.1 Å². The van der Waals surface area contributed by atoms with Crippen molar-refractivity contribution in [2.75, 3.05) is 75.8 Å². The highest BCUT2D eigenvalue weighted by molar-refractivity contribution is 5.76. The summed E-state index contributed by atoms with van der Waals surface area (Å²) in [4.78, 5) is 23.6. The first-order chi connectivity index (χ1) is 26.8. The molecule has 2 fully saturated rings. The Labute approximate surface area is 332 Å². The quantitative estimate of drug-likeness (QED) is 0.162.